The molecule has 4 rings (SSSR count). The van der Waals surface area contributed by atoms with E-state index < -0.39 is 0 Å². The van der Waals surface area contributed by atoms with E-state index in [-0.39, 0.29) is 11.8 Å². The Hall–Kier alpha value is -3.23. The number of carbonyl (C=O) groups excluding carboxylic acids is 1. The Balaban J connectivity index is 1.60. The molecule has 31 heavy (non-hydrogen) atoms. The highest BCUT2D eigenvalue weighted by Gasteiger charge is 2.15. The monoisotopic (exact) mass is 452 g/mol. The number of aromatic nitrogens is 1. The van der Waals surface area contributed by atoms with Gasteiger partial charge in [-0.2, -0.15) is 0 Å². The number of hydrogen-bond donors (Lipinski definition) is 1. The molecular weight excluding hydrogens is 432 g/mol. The standard InChI is InChI=1S/C23H20N2O4S2/c1-28-18-8-7-14(11-19(18)29-2)9-10-25-22(27)20(31-23(25)30)13-16-12-15-5-3-4-6-17(15)24-21(16)26/h3-8,11-13,27H,9-10H2,1-2H3. The molecule has 1 aromatic heterocycles. The molecule has 0 atom stereocenters. The Labute approximate surface area is 188 Å². The number of para-hydroxylation sites is 1. The van der Waals surface area contributed by atoms with E-state index in [9.17, 15) is 9.90 Å². The molecule has 8 heteroatoms. The minimum Gasteiger partial charge on any atom is -0.493 e. The zero-order valence-corrected chi connectivity index (χ0v) is 18.6. The van der Waals surface area contributed by atoms with Crippen LogP contribution in [-0.2, 0) is 17.8 Å². The van der Waals surface area contributed by atoms with Gasteiger partial charge in [-0.25, -0.2) is 4.99 Å². The molecule has 0 saturated heterocycles. The number of aromatic hydroxyl groups is 1. The molecule has 1 aliphatic rings. The Kier molecular flexibility index (Phi) is 6.01. The maximum Gasteiger partial charge on any atom is 0.277 e. The first-order valence-corrected chi connectivity index (χ1v) is 10.8. The van der Waals surface area contributed by atoms with Gasteiger partial charge in [0.05, 0.1) is 24.5 Å². The molecule has 158 valence electrons. The van der Waals surface area contributed by atoms with Crippen LogP contribution in [0.25, 0.3) is 12.2 Å². The van der Waals surface area contributed by atoms with Crippen LogP contribution in [0.2, 0.25) is 0 Å². The summed E-state index contributed by atoms with van der Waals surface area (Å²) in [6.45, 7) is 0.491. The number of fused-ring (bicyclic) bond motifs is 1. The highest BCUT2D eigenvalue weighted by atomic mass is 32.1. The summed E-state index contributed by atoms with van der Waals surface area (Å²) in [6, 6.07) is 13.1. The number of amides is 1. The molecule has 0 aliphatic carbocycles. The molecule has 1 amide bonds. The molecule has 2 heterocycles. The van der Waals surface area contributed by atoms with Gasteiger partial charge in [-0.3, -0.25) is 9.36 Å². The van der Waals surface area contributed by atoms with Gasteiger partial charge in [-0.1, -0.05) is 24.3 Å². The molecule has 3 aromatic rings. The number of aryl methyl sites for hydroxylation is 1. The van der Waals surface area contributed by atoms with Gasteiger partial charge in [0, 0.05) is 17.3 Å². The molecule has 0 unspecified atom stereocenters. The number of thiazole rings is 1. The van der Waals surface area contributed by atoms with E-state index in [0.29, 0.717) is 44.2 Å². The summed E-state index contributed by atoms with van der Waals surface area (Å²) in [5.41, 5.74) is 1.44. The molecular formula is C23H20N2O4S2. The summed E-state index contributed by atoms with van der Waals surface area (Å²) in [7, 11) is 3.19. The fourth-order valence-electron chi connectivity index (χ4n) is 3.34. The van der Waals surface area contributed by atoms with E-state index in [1.54, 1.807) is 37.0 Å². The van der Waals surface area contributed by atoms with Crippen LogP contribution >= 0.6 is 23.6 Å². The van der Waals surface area contributed by atoms with Gasteiger partial charge in [0.1, 0.15) is 0 Å². The van der Waals surface area contributed by atoms with Crippen molar-refractivity contribution in [3.8, 4) is 17.4 Å². The second-order valence-electron chi connectivity index (χ2n) is 6.87. The predicted molar refractivity (Wildman–Crippen MR) is 123 cm³/mol. The lowest BCUT2D eigenvalue weighted by molar-refractivity contribution is -0.114. The minimum absolute atomic E-state index is 0.0445. The third kappa shape index (κ3) is 4.30. The highest BCUT2D eigenvalue weighted by Crippen LogP contribution is 2.31. The molecule has 1 N–H and O–H groups in total. The lowest BCUT2D eigenvalue weighted by Crippen LogP contribution is -2.29. The smallest absolute Gasteiger partial charge is 0.277 e. The van der Waals surface area contributed by atoms with Gasteiger partial charge in [-0.05, 0) is 54.6 Å². The normalized spacial score (nSPS) is 14.0. The van der Waals surface area contributed by atoms with Crippen LogP contribution < -0.4 is 20.0 Å². The minimum atomic E-state index is -0.339. The number of methoxy groups -OCH3 is 2. The highest BCUT2D eigenvalue weighted by molar-refractivity contribution is 7.73. The largest absolute Gasteiger partial charge is 0.493 e. The third-order valence-electron chi connectivity index (χ3n) is 4.97. The number of rotatable bonds is 6. The summed E-state index contributed by atoms with van der Waals surface area (Å²) in [5.74, 6) is 1.02. The summed E-state index contributed by atoms with van der Waals surface area (Å²) < 4.78 is 12.8. The van der Waals surface area contributed by atoms with Gasteiger partial charge >= 0.3 is 0 Å². The summed E-state index contributed by atoms with van der Waals surface area (Å²) in [6.07, 6.45) is 4.06. The van der Waals surface area contributed by atoms with E-state index in [1.807, 2.05) is 36.4 Å². The molecule has 2 aromatic carbocycles. The molecule has 0 radical (unpaired) electrons. The van der Waals surface area contributed by atoms with E-state index >= 15 is 0 Å². The van der Waals surface area contributed by atoms with Crippen LogP contribution in [0.1, 0.15) is 10.4 Å². The van der Waals surface area contributed by atoms with E-state index in [4.69, 9.17) is 21.7 Å². The van der Waals surface area contributed by atoms with Gasteiger partial charge in [0.15, 0.2) is 15.5 Å². The Morgan fingerprint density at radius 2 is 1.94 bits per heavy atom. The maximum atomic E-state index is 12.4. The second-order valence-corrected chi connectivity index (χ2v) is 8.54. The molecule has 1 aliphatic heterocycles. The first-order valence-electron chi connectivity index (χ1n) is 9.55. The topological polar surface area (TPSA) is 73.0 Å². The Bertz CT molecular complexity index is 1370. The third-order valence-corrected chi connectivity index (χ3v) is 6.35. The van der Waals surface area contributed by atoms with Crippen molar-refractivity contribution in [3.05, 3.63) is 73.0 Å². The van der Waals surface area contributed by atoms with E-state index in [2.05, 4.69) is 4.99 Å². The number of nitrogens with zero attached hydrogens (tertiary/aromatic N) is 2. The van der Waals surface area contributed by atoms with Crippen molar-refractivity contribution < 1.29 is 19.4 Å². The SMILES string of the molecule is COc1ccc(CCn2c(O)c(C=C3C=c4ccccc4=NC3=O)sc2=S)cc1OC. The van der Waals surface area contributed by atoms with Gasteiger partial charge < -0.3 is 14.6 Å². The average molecular weight is 453 g/mol. The Morgan fingerprint density at radius 1 is 1.16 bits per heavy atom. The van der Waals surface area contributed by atoms with Gasteiger partial charge in [0.25, 0.3) is 5.91 Å². The molecule has 0 bridgehead atoms. The molecule has 0 spiro atoms. The van der Waals surface area contributed by atoms with E-state index in [1.165, 1.54) is 11.3 Å². The lowest BCUT2D eigenvalue weighted by Gasteiger charge is -2.10. The van der Waals surface area contributed by atoms with Crippen molar-refractivity contribution in [2.75, 3.05) is 14.2 Å². The molecule has 0 fully saturated rings. The van der Waals surface area contributed by atoms with Crippen LogP contribution in [0, 0.1) is 3.95 Å². The number of ether oxygens (including phenoxy) is 2. The first kappa shape index (κ1) is 21.0. The van der Waals surface area contributed by atoms with E-state index in [0.717, 1.165) is 10.8 Å². The quantitative estimate of drug-likeness (QED) is 0.459. The number of hydrogen-bond acceptors (Lipinski definition) is 6. The summed E-state index contributed by atoms with van der Waals surface area (Å²) >= 11 is 6.71. The number of benzene rings is 2. The lowest BCUT2D eigenvalue weighted by atomic mass is 10.1. The van der Waals surface area contributed by atoms with Gasteiger partial charge in [0.2, 0.25) is 5.88 Å². The first-order chi connectivity index (χ1) is 15.0. The van der Waals surface area contributed by atoms with Crippen LogP contribution in [0.4, 0.5) is 0 Å². The number of carbonyl (C=O) groups is 1. The fourth-order valence-corrected chi connectivity index (χ4v) is 4.65. The van der Waals surface area contributed by atoms with Crippen LogP contribution in [-0.4, -0.2) is 29.8 Å². The van der Waals surface area contributed by atoms with Crippen molar-refractivity contribution >= 4 is 41.6 Å². The molecule has 0 saturated carbocycles. The van der Waals surface area contributed by atoms with Crippen molar-refractivity contribution in [2.45, 2.75) is 13.0 Å². The zero-order valence-electron chi connectivity index (χ0n) is 17.0. The summed E-state index contributed by atoms with van der Waals surface area (Å²) in [5, 5.41) is 12.3. The zero-order chi connectivity index (χ0) is 22.0. The predicted octanol–water partition coefficient (Wildman–Crippen LogP) is 3.27. The molecule has 6 nitrogen and oxygen atoms in total. The van der Waals surface area contributed by atoms with Crippen LogP contribution in [0.3, 0.4) is 0 Å². The van der Waals surface area contributed by atoms with Crippen molar-refractivity contribution in [2.24, 2.45) is 4.99 Å². The van der Waals surface area contributed by atoms with Crippen LogP contribution in [0.15, 0.2) is 53.0 Å². The van der Waals surface area contributed by atoms with Crippen LogP contribution in [0.5, 0.6) is 17.4 Å². The summed E-state index contributed by atoms with van der Waals surface area (Å²) in [4.78, 5) is 17.0. The van der Waals surface area contributed by atoms with Gasteiger partial charge in [-0.15, -0.1) is 11.3 Å². The van der Waals surface area contributed by atoms with Crippen molar-refractivity contribution in [3.63, 3.8) is 0 Å². The maximum absolute atomic E-state index is 12.4. The average Bonchev–Trinajstić information content (AvgIpc) is 3.04. The Morgan fingerprint density at radius 3 is 2.71 bits per heavy atom. The van der Waals surface area contributed by atoms with Crippen molar-refractivity contribution in [1.82, 2.24) is 4.57 Å². The van der Waals surface area contributed by atoms with Crippen molar-refractivity contribution in [1.29, 1.82) is 0 Å². The second kappa shape index (κ2) is 8.87. The fraction of sp³-hybridized carbons (Fsp3) is 0.174.